The van der Waals surface area contributed by atoms with Crippen molar-refractivity contribution in [2.75, 3.05) is 39.5 Å². The number of hydrogen-bond acceptors (Lipinski definition) is 4. The van der Waals surface area contributed by atoms with Gasteiger partial charge in [-0.05, 0) is 7.05 Å². The van der Waals surface area contributed by atoms with Crippen molar-refractivity contribution in [2.45, 2.75) is 0 Å². The first kappa shape index (κ1) is 11.3. The zero-order valence-corrected chi connectivity index (χ0v) is 9.17. The first-order valence-corrected chi connectivity index (χ1v) is 6.23. The first-order chi connectivity index (χ1) is 6.38. The predicted octanol–water partition coefficient (Wildman–Crippen LogP) is -1.10. The van der Waals surface area contributed by atoms with Crippen LogP contribution in [0.2, 0.25) is 0 Å². The molecule has 0 atom stereocenters. The van der Waals surface area contributed by atoms with E-state index in [9.17, 15) is 13.2 Å². The summed E-state index contributed by atoms with van der Waals surface area (Å²) in [6, 6.07) is -0.527. The smallest absolute Gasteiger partial charge is 0.321 e. The third kappa shape index (κ3) is 3.51. The van der Waals surface area contributed by atoms with Crippen LogP contribution in [0.1, 0.15) is 0 Å². The molecule has 1 aliphatic rings. The van der Waals surface area contributed by atoms with E-state index < -0.39 is 16.1 Å². The molecule has 1 N–H and O–H groups in total. The number of hydrogen-bond donors (Lipinski definition) is 1. The molecule has 1 heterocycles. The van der Waals surface area contributed by atoms with Gasteiger partial charge in [-0.25, -0.2) is 17.9 Å². The molecule has 0 saturated carbocycles. The fourth-order valence-corrected chi connectivity index (χ4v) is 1.68. The molecule has 2 amide bonds. The van der Waals surface area contributed by atoms with Crippen LogP contribution in [-0.4, -0.2) is 63.7 Å². The highest BCUT2D eigenvalue weighted by Gasteiger charge is 2.20. The van der Waals surface area contributed by atoms with Gasteiger partial charge < -0.3 is 9.80 Å². The zero-order valence-electron chi connectivity index (χ0n) is 8.36. The lowest BCUT2D eigenvalue weighted by atomic mass is 10.3. The van der Waals surface area contributed by atoms with Gasteiger partial charge in [0.1, 0.15) is 0 Å². The molecule has 0 aromatic heterocycles. The maximum Gasteiger partial charge on any atom is 0.331 e. The van der Waals surface area contributed by atoms with E-state index in [-0.39, 0.29) is 0 Å². The van der Waals surface area contributed by atoms with Gasteiger partial charge in [0.25, 0.3) is 0 Å². The number of likely N-dealkylation sites (N-methyl/N-ethyl adjacent to an activating group) is 1. The summed E-state index contributed by atoms with van der Waals surface area (Å²) in [5, 5.41) is 0. The summed E-state index contributed by atoms with van der Waals surface area (Å²) in [5.74, 6) is 0. The zero-order chi connectivity index (χ0) is 10.8. The molecule has 0 radical (unpaired) electrons. The summed E-state index contributed by atoms with van der Waals surface area (Å²) in [5.41, 5.74) is 0. The second kappa shape index (κ2) is 4.14. The lowest BCUT2D eigenvalue weighted by molar-refractivity contribution is 0.158. The SMILES string of the molecule is CN1CCN(C(=O)NS(C)(=O)=O)CC1. The minimum absolute atomic E-state index is 0.527. The van der Waals surface area contributed by atoms with Crippen molar-refractivity contribution in [3.05, 3.63) is 0 Å². The largest absolute Gasteiger partial charge is 0.331 e. The monoisotopic (exact) mass is 221 g/mol. The molecule has 1 aliphatic heterocycles. The second-order valence-electron chi connectivity index (χ2n) is 3.47. The van der Waals surface area contributed by atoms with Gasteiger partial charge in [0.2, 0.25) is 10.0 Å². The number of nitrogens with zero attached hydrogens (tertiary/aromatic N) is 2. The van der Waals surface area contributed by atoms with Gasteiger partial charge in [-0.15, -0.1) is 0 Å². The Morgan fingerprint density at radius 2 is 1.71 bits per heavy atom. The Kier molecular flexibility index (Phi) is 3.33. The van der Waals surface area contributed by atoms with Crippen LogP contribution in [0.5, 0.6) is 0 Å². The number of sulfonamides is 1. The van der Waals surface area contributed by atoms with Crippen molar-refractivity contribution in [1.82, 2.24) is 14.5 Å². The quantitative estimate of drug-likeness (QED) is 0.610. The van der Waals surface area contributed by atoms with Crippen molar-refractivity contribution >= 4 is 16.1 Å². The van der Waals surface area contributed by atoms with Crippen LogP contribution in [0, 0.1) is 0 Å². The second-order valence-corrected chi connectivity index (χ2v) is 5.22. The Balaban J connectivity index is 2.46. The molecule has 0 spiro atoms. The van der Waals surface area contributed by atoms with E-state index in [4.69, 9.17) is 0 Å². The summed E-state index contributed by atoms with van der Waals surface area (Å²) in [4.78, 5) is 14.9. The van der Waals surface area contributed by atoms with Crippen molar-refractivity contribution in [1.29, 1.82) is 0 Å². The van der Waals surface area contributed by atoms with Gasteiger partial charge in [0, 0.05) is 26.2 Å². The van der Waals surface area contributed by atoms with Gasteiger partial charge in [0.05, 0.1) is 6.26 Å². The molecule has 0 aromatic rings. The molecule has 1 rings (SSSR count). The van der Waals surface area contributed by atoms with Crippen molar-refractivity contribution in [2.24, 2.45) is 0 Å². The number of carbonyl (C=O) groups is 1. The number of nitrogens with one attached hydrogen (secondary N) is 1. The molecule has 82 valence electrons. The molecule has 14 heavy (non-hydrogen) atoms. The summed E-state index contributed by atoms with van der Waals surface area (Å²) < 4.78 is 23.5. The Hall–Kier alpha value is -0.820. The predicted molar refractivity (Wildman–Crippen MR) is 52.4 cm³/mol. The van der Waals surface area contributed by atoms with Crippen LogP contribution in [0.25, 0.3) is 0 Å². The van der Waals surface area contributed by atoms with E-state index in [2.05, 4.69) is 4.90 Å². The topological polar surface area (TPSA) is 69.7 Å². The van der Waals surface area contributed by atoms with Gasteiger partial charge in [-0.3, -0.25) is 0 Å². The highest BCUT2D eigenvalue weighted by molar-refractivity contribution is 7.89. The Morgan fingerprint density at radius 1 is 1.21 bits per heavy atom. The summed E-state index contributed by atoms with van der Waals surface area (Å²) in [7, 11) is -1.48. The number of piperazine rings is 1. The normalized spacial score (nSPS) is 19.4. The van der Waals surface area contributed by atoms with Crippen LogP contribution >= 0.6 is 0 Å². The van der Waals surface area contributed by atoms with Crippen LogP contribution in [-0.2, 0) is 10.0 Å². The summed E-state index contributed by atoms with van der Waals surface area (Å²) in [6.07, 6.45) is 0.973. The third-order valence-electron chi connectivity index (χ3n) is 2.06. The van der Waals surface area contributed by atoms with Crippen LogP contribution in [0.15, 0.2) is 0 Å². The summed E-state index contributed by atoms with van der Waals surface area (Å²) in [6.45, 7) is 2.68. The minimum Gasteiger partial charge on any atom is -0.321 e. The average Bonchev–Trinajstić information content (AvgIpc) is 2.02. The Labute approximate surface area is 83.9 Å². The van der Waals surface area contributed by atoms with E-state index in [0.29, 0.717) is 13.1 Å². The standard InChI is InChI=1S/C7H15N3O3S/c1-9-3-5-10(6-4-9)7(11)8-14(2,12)13/h3-6H2,1-2H3,(H,8,11). The number of urea groups is 1. The van der Waals surface area contributed by atoms with E-state index in [0.717, 1.165) is 19.3 Å². The maximum atomic E-state index is 11.3. The van der Waals surface area contributed by atoms with Gasteiger partial charge >= 0.3 is 6.03 Å². The van der Waals surface area contributed by atoms with Crippen molar-refractivity contribution < 1.29 is 13.2 Å². The summed E-state index contributed by atoms with van der Waals surface area (Å²) >= 11 is 0. The molecule has 0 aliphatic carbocycles. The lowest BCUT2D eigenvalue weighted by Gasteiger charge is -2.31. The number of rotatable bonds is 1. The molecular weight excluding hydrogens is 206 g/mol. The van der Waals surface area contributed by atoms with E-state index in [1.165, 1.54) is 4.90 Å². The molecular formula is C7H15N3O3S. The number of carbonyl (C=O) groups excluding carboxylic acids is 1. The molecule has 6 nitrogen and oxygen atoms in total. The average molecular weight is 221 g/mol. The van der Waals surface area contributed by atoms with E-state index in [1.807, 2.05) is 11.8 Å². The first-order valence-electron chi connectivity index (χ1n) is 4.34. The van der Waals surface area contributed by atoms with Gasteiger partial charge in [-0.1, -0.05) is 0 Å². The molecule has 0 bridgehead atoms. The van der Waals surface area contributed by atoms with Crippen LogP contribution in [0.3, 0.4) is 0 Å². The van der Waals surface area contributed by atoms with E-state index >= 15 is 0 Å². The molecule has 1 saturated heterocycles. The third-order valence-corrected chi connectivity index (χ3v) is 2.61. The fraction of sp³-hybridized carbons (Fsp3) is 0.857. The van der Waals surface area contributed by atoms with Crippen molar-refractivity contribution in [3.63, 3.8) is 0 Å². The molecule has 0 unspecified atom stereocenters. The fourth-order valence-electron chi connectivity index (χ4n) is 1.23. The van der Waals surface area contributed by atoms with E-state index in [1.54, 1.807) is 0 Å². The Bertz CT molecular complexity index is 306. The van der Waals surface area contributed by atoms with Crippen LogP contribution in [0.4, 0.5) is 4.79 Å². The highest BCUT2D eigenvalue weighted by atomic mass is 32.2. The van der Waals surface area contributed by atoms with Crippen molar-refractivity contribution in [3.8, 4) is 0 Å². The molecule has 1 fully saturated rings. The lowest BCUT2D eigenvalue weighted by Crippen LogP contribution is -2.51. The van der Waals surface area contributed by atoms with Gasteiger partial charge in [-0.2, -0.15) is 0 Å². The Morgan fingerprint density at radius 3 is 2.14 bits per heavy atom. The molecule has 7 heteroatoms. The minimum atomic E-state index is -3.44. The van der Waals surface area contributed by atoms with Crippen LogP contribution < -0.4 is 4.72 Å². The maximum absolute atomic E-state index is 11.3. The highest BCUT2D eigenvalue weighted by Crippen LogP contribution is 1.99. The number of amides is 2. The van der Waals surface area contributed by atoms with Gasteiger partial charge in [0.15, 0.2) is 0 Å². The molecule has 0 aromatic carbocycles.